The van der Waals surface area contributed by atoms with Crippen molar-refractivity contribution in [3.63, 3.8) is 0 Å². The number of carbonyl (C=O) groups is 1. The van der Waals surface area contributed by atoms with Crippen LogP contribution in [0.1, 0.15) is 38.2 Å². The van der Waals surface area contributed by atoms with Crippen molar-refractivity contribution < 1.29 is 4.79 Å². The smallest absolute Gasteiger partial charge is 0.246 e. The fourth-order valence-corrected chi connectivity index (χ4v) is 4.13. The molecule has 2 aromatic heterocycles. The number of aromatic nitrogens is 2. The molecule has 144 valence electrons. The molecule has 5 heteroatoms. The van der Waals surface area contributed by atoms with Crippen LogP contribution in [0.25, 0.3) is 22.9 Å². The van der Waals surface area contributed by atoms with E-state index in [-0.39, 0.29) is 5.91 Å². The average molecular weight is 394 g/mol. The first-order valence-electron chi connectivity index (χ1n) is 9.88. The van der Waals surface area contributed by atoms with Crippen LogP contribution in [0.2, 0.25) is 5.02 Å². The van der Waals surface area contributed by atoms with E-state index in [1.165, 1.54) is 6.42 Å². The van der Waals surface area contributed by atoms with Crippen LogP contribution in [-0.4, -0.2) is 33.0 Å². The van der Waals surface area contributed by atoms with Crippen LogP contribution in [-0.2, 0) is 4.79 Å². The highest BCUT2D eigenvalue weighted by Crippen LogP contribution is 2.25. The van der Waals surface area contributed by atoms with Gasteiger partial charge in [0.25, 0.3) is 0 Å². The minimum atomic E-state index is 0.100. The summed E-state index contributed by atoms with van der Waals surface area (Å²) >= 11 is 6.12. The molecule has 1 saturated heterocycles. The number of carbonyl (C=O) groups excluding carboxylic acids is 1. The van der Waals surface area contributed by atoms with Gasteiger partial charge in [-0.1, -0.05) is 36.7 Å². The number of fused-ring (bicyclic) bond motifs is 1. The Bertz CT molecular complexity index is 1020. The van der Waals surface area contributed by atoms with Crippen molar-refractivity contribution in [1.82, 2.24) is 14.5 Å². The summed E-state index contributed by atoms with van der Waals surface area (Å²) in [6.45, 7) is 3.02. The normalized spacial score (nSPS) is 17.5. The van der Waals surface area contributed by atoms with Crippen LogP contribution in [0, 0.1) is 0 Å². The van der Waals surface area contributed by atoms with E-state index in [1.54, 1.807) is 6.08 Å². The van der Waals surface area contributed by atoms with Crippen molar-refractivity contribution in [2.24, 2.45) is 0 Å². The zero-order chi connectivity index (χ0) is 19.5. The SMILES string of the molecule is CCC1CCCCN1C(=O)C=Cc1cccn2nc(-c3cccc(Cl)c3)cc12. The predicted octanol–water partition coefficient (Wildman–Crippen LogP) is 5.46. The van der Waals surface area contributed by atoms with Gasteiger partial charge >= 0.3 is 0 Å². The topological polar surface area (TPSA) is 37.6 Å². The number of nitrogens with zero attached hydrogens (tertiary/aromatic N) is 3. The number of benzene rings is 1. The summed E-state index contributed by atoms with van der Waals surface area (Å²) in [6, 6.07) is 14.0. The first-order valence-corrected chi connectivity index (χ1v) is 10.3. The molecular formula is C23H24ClN3O. The van der Waals surface area contributed by atoms with Gasteiger partial charge in [-0.3, -0.25) is 4.79 Å². The van der Waals surface area contributed by atoms with Gasteiger partial charge in [-0.15, -0.1) is 0 Å². The van der Waals surface area contributed by atoms with Crippen molar-refractivity contribution in [3.05, 3.63) is 65.3 Å². The summed E-state index contributed by atoms with van der Waals surface area (Å²) in [4.78, 5) is 14.8. The fourth-order valence-electron chi connectivity index (χ4n) is 3.94. The summed E-state index contributed by atoms with van der Waals surface area (Å²) in [5.41, 5.74) is 3.77. The molecule has 0 N–H and O–H groups in total. The lowest BCUT2D eigenvalue weighted by Crippen LogP contribution is -2.42. The minimum Gasteiger partial charge on any atom is -0.336 e. The number of halogens is 1. The first-order chi connectivity index (χ1) is 13.7. The highest BCUT2D eigenvalue weighted by molar-refractivity contribution is 6.30. The molecule has 1 aliphatic rings. The molecule has 28 heavy (non-hydrogen) atoms. The maximum Gasteiger partial charge on any atom is 0.246 e. The van der Waals surface area contributed by atoms with Gasteiger partial charge in [-0.2, -0.15) is 5.10 Å². The Hall–Kier alpha value is -2.59. The molecule has 4 rings (SSSR count). The molecule has 4 nitrogen and oxygen atoms in total. The lowest BCUT2D eigenvalue weighted by molar-refractivity contribution is -0.129. The molecule has 0 bridgehead atoms. The van der Waals surface area contributed by atoms with Gasteiger partial charge in [0.2, 0.25) is 5.91 Å². The second kappa shape index (κ2) is 8.19. The third-order valence-electron chi connectivity index (χ3n) is 5.44. The van der Waals surface area contributed by atoms with Crippen LogP contribution in [0.5, 0.6) is 0 Å². The standard InChI is InChI=1S/C23H24ClN3O/c1-2-20-10-3-4-13-26(20)23(28)12-11-17-8-6-14-27-22(17)16-21(25-27)18-7-5-9-19(24)15-18/h5-9,11-12,14-16,20H,2-4,10,13H2,1H3. The Morgan fingerprint density at radius 2 is 2.14 bits per heavy atom. The predicted molar refractivity (Wildman–Crippen MR) is 114 cm³/mol. The zero-order valence-corrected chi connectivity index (χ0v) is 16.8. The number of hydrogen-bond donors (Lipinski definition) is 0. The summed E-state index contributed by atoms with van der Waals surface area (Å²) in [6.07, 6.45) is 9.96. The van der Waals surface area contributed by atoms with Gasteiger partial charge in [0.15, 0.2) is 0 Å². The van der Waals surface area contributed by atoms with Gasteiger partial charge in [0.1, 0.15) is 0 Å². The van der Waals surface area contributed by atoms with Gasteiger partial charge in [-0.05, 0) is 56.0 Å². The Labute approximate surface area is 170 Å². The maximum atomic E-state index is 12.7. The molecule has 1 aliphatic heterocycles. The Balaban J connectivity index is 1.62. The summed E-state index contributed by atoms with van der Waals surface area (Å²) < 4.78 is 1.84. The van der Waals surface area contributed by atoms with E-state index in [2.05, 4.69) is 12.0 Å². The molecular weight excluding hydrogens is 370 g/mol. The zero-order valence-electron chi connectivity index (χ0n) is 16.0. The fraction of sp³-hybridized carbons (Fsp3) is 0.304. The number of rotatable bonds is 4. The van der Waals surface area contributed by atoms with E-state index in [9.17, 15) is 4.79 Å². The van der Waals surface area contributed by atoms with Crippen LogP contribution < -0.4 is 0 Å². The van der Waals surface area contributed by atoms with E-state index in [1.807, 2.05) is 64.2 Å². The third-order valence-corrected chi connectivity index (χ3v) is 5.68. The van der Waals surface area contributed by atoms with Crippen molar-refractivity contribution >= 4 is 29.1 Å². The molecule has 0 aliphatic carbocycles. The Morgan fingerprint density at radius 3 is 2.96 bits per heavy atom. The second-order valence-corrected chi connectivity index (χ2v) is 7.69. The molecule has 3 aromatic rings. The average Bonchev–Trinajstić information content (AvgIpc) is 3.17. The van der Waals surface area contributed by atoms with Gasteiger partial charge in [0, 0.05) is 41.0 Å². The molecule has 0 radical (unpaired) electrons. The number of amides is 1. The first kappa shape index (κ1) is 18.8. The number of pyridine rings is 1. The van der Waals surface area contributed by atoms with Crippen molar-refractivity contribution in [1.29, 1.82) is 0 Å². The summed E-state index contributed by atoms with van der Waals surface area (Å²) in [5.74, 6) is 0.100. The highest BCUT2D eigenvalue weighted by Gasteiger charge is 2.23. The second-order valence-electron chi connectivity index (χ2n) is 7.26. The quantitative estimate of drug-likeness (QED) is 0.552. The van der Waals surface area contributed by atoms with E-state index >= 15 is 0 Å². The van der Waals surface area contributed by atoms with Crippen molar-refractivity contribution in [3.8, 4) is 11.3 Å². The molecule has 1 aromatic carbocycles. The Kier molecular flexibility index (Phi) is 5.49. The van der Waals surface area contributed by atoms with E-state index < -0.39 is 0 Å². The van der Waals surface area contributed by atoms with Gasteiger partial charge in [-0.25, -0.2) is 4.52 Å². The van der Waals surface area contributed by atoms with Crippen molar-refractivity contribution in [2.75, 3.05) is 6.54 Å². The van der Waals surface area contributed by atoms with Crippen LogP contribution in [0.15, 0.2) is 54.7 Å². The summed E-state index contributed by atoms with van der Waals surface area (Å²) in [5, 5.41) is 5.34. The number of hydrogen-bond acceptors (Lipinski definition) is 2. The maximum absolute atomic E-state index is 12.7. The van der Waals surface area contributed by atoms with Gasteiger partial charge < -0.3 is 4.90 Å². The highest BCUT2D eigenvalue weighted by atomic mass is 35.5. The van der Waals surface area contributed by atoms with E-state index in [0.717, 1.165) is 48.1 Å². The van der Waals surface area contributed by atoms with E-state index in [4.69, 9.17) is 11.6 Å². The molecule has 3 heterocycles. The minimum absolute atomic E-state index is 0.100. The van der Waals surface area contributed by atoms with Gasteiger partial charge in [0.05, 0.1) is 11.2 Å². The monoisotopic (exact) mass is 393 g/mol. The van der Waals surface area contributed by atoms with Crippen molar-refractivity contribution in [2.45, 2.75) is 38.6 Å². The number of piperidine rings is 1. The lowest BCUT2D eigenvalue weighted by Gasteiger charge is -2.34. The molecule has 1 atom stereocenters. The molecule has 0 saturated carbocycles. The molecule has 0 spiro atoms. The third kappa shape index (κ3) is 3.83. The molecule has 1 amide bonds. The molecule has 1 fully saturated rings. The van der Waals surface area contributed by atoms with Crippen LogP contribution in [0.3, 0.4) is 0 Å². The largest absolute Gasteiger partial charge is 0.336 e. The molecule has 1 unspecified atom stereocenters. The Morgan fingerprint density at radius 1 is 1.25 bits per heavy atom. The van der Waals surface area contributed by atoms with Crippen LogP contribution in [0.4, 0.5) is 0 Å². The summed E-state index contributed by atoms with van der Waals surface area (Å²) in [7, 11) is 0. The number of likely N-dealkylation sites (tertiary alicyclic amines) is 1. The lowest BCUT2D eigenvalue weighted by atomic mass is 10.00. The van der Waals surface area contributed by atoms with E-state index in [0.29, 0.717) is 11.1 Å². The van der Waals surface area contributed by atoms with Crippen LogP contribution >= 0.6 is 11.6 Å².